The molecule has 0 N–H and O–H groups in total. The average Bonchev–Trinajstić information content (AvgIpc) is 2.19. The van der Waals surface area contributed by atoms with Crippen LogP contribution in [0.5, 0.6) is 0 Å². The molecule has 1 aromatic heterocycles. The van der Waals surface area contributed by atoms with Gasteiger partial charge in [-0.1, -0.05) is 0 Å². The van der Waals surface area contributed by atoms with Gasteiger partial charge >= 0.3 is 17.4 Å². The van der Waals surface area contributed by atoms with Crippen LogP contribution in [-0.2, 0) is 12.7 Å². The molecule has 1 rings (SSSR count). The van der Waals surface area contributed by atoms with Crippen LogP contribution in [0, 0.1) is 21.4 Å². The first-order chi connectivity index (χ1) is 7.77. The highest BCUT2D eigenvalue weighted by Gasteiger charge is 2.34. The summed E-state index contributed by atoms with van der Waals surface area (Å²) < 4.78 is 37.4. The van der Waals surface area contributed by atoms with E-state index >= 15 is 0 Å². The second kappa shape index (κ2) is 4.25. The van der Waals surface area contributed by atoms with Gasteiger partial charge in [0.1, 0.15) is 6.54 Å². The second-order valence-electron chi connectivity index (χ2n) is 2.96. The van der Waals surface area contributed by atoms with E-state index in [4.69, 9.17) is 5.26 Å². The van der Waals surface area contributed by atoms with E-state index in [0.717, 1.165) is 0 Å². The predicted molar refractivity (Wildman–Crippen MR) is 48.0 cm³/mol. The van der Waals surface area contributed by atoms with E-state index in [1.807, 2.05) is 0 Å². The van der Waals surface area contributed by atoms with Crippen LogP contribution < -0.4 is 5.56 Å². The molecule has 0 saturated carbocycles. The van der Waals surface area contributed by atoms with Gasteiger partial charge in [-0.3, -0.25) is 19.5 Å². The SMILES string of the molecule is N#CCn1cc(C(F)(F)F)cc([N+](=O)[O-])c1=O. The fraction of sp³-hybridized carbons (Fsp3) is 0.250. The second-order valence-corrected chi connectivity index (χ2v) is 2.96. The average molecular weight is 247 g/mol. The van der Waals surface area contributed by atoms with Gasteiger partial charge in [0.25, 0.3) is 0 Å². The van der Waals surface area contributed by atoms with Gasteiger partial charge in [0.2, 0.25) is 0 Å². The lowest BCUT2D eigenvalue weighted by Crippen LogP contribution is -2.24. The third-order valence-electron chi connectivity index (χ3n) is 1.83. The highest BCUT2D eigenvalue weighted by molar-refractivity contribution is 5.32. The molecule has 0 spiro atoms. The molecule has 90 valence electrons. The van der Waals surface area contributed by atoms with Crippen LogP contribution in [0.1, 0.15) is 5.56 Å². The lowest BCUT2D eigenvalue weighted by molar-refractivity contribution is -0.386. The summed E-state index contributed by atoms with van der Waals surface area (Å²) >= 11 is 0. The molecule has 0 aliphatic rings. The minimum absolute atomic E-state index is 0.149. The zero-order chi connectivity index (χ0) is 13.2. The molecule has 0 saturated heterocycles. The Hall–Kier alpha value is -2.37. The molecule has 1 aromatic rings. The Bertz CT molecular complexity index is 556. The first-order valence-electron chi connectivity index (χ1n) is 4.10. The van der Waals surface area contributed by atoms with Crippen molar-refractivity contribution in [3.05, 3.63) is 38.3 Å². The number of halogens is 3. The highest BCUT2D eigenvalue weighted by atomic mass is 19.4. The van der Waals surface area contributed by atoms with E-state index in [-0.39, 0.29) is 6.07 Å². The summed E-state index contributed by atoms with van der Waals surface area (Å²) in [5.41, 5.74) is -3.81. The normalized spacial score (nSPS) is 10.9. The van der Waals surface area contributed by atoms with E-state index in [2.05, 4.69) is 0 Å². The van der Waals surface area contributed by atoms with Gasteiger partial charge in [0, 0.05) is 12.3 Å². The van der Waals surface area contributed by atoms with Crippen molar-refractivity contribution in [1.29, 1.82) is 5.26 Å². The lowest BCUT2D eigenvalue weighted by atomic mass is 10.2. The smallest absolute Gasteiger partial charge is 0.295 e. The summed E-state index contributed by atoms with van der Waals surface area (Å²) in [5.74, 6) is 0. The maximum atomic E-state index is 12.4. The predicted octanol–water partition coefficient (Wildman–Crippen LogP) is 1.30. The molecular formula is C8H4F3N3O3. The molecule has 0 atom stereocenters. The third kappa shape index (κ3) is 2.60. The number of nitrogens with zero attached hydrogens (tertiary/aromatic N) is 3. The Morgan fingerprint density at radius 2 is 2.12 bits per heavy atom. The molecule has 17 heavy (non-hydrogen) atoms. The van der Waals surface area contributed by atoms with Crippen LogP contribution in [0.3, 0.4) is 0 Å². The molecule has 0 aliphatic heterocycles. The molecule has 0 radical (unpaired) electrons. The Kier molecular flexibility index (Phi) is 3.17. The van der Waals surface area contributed by atoms with Crippen LogP contribution in [-0.4, -0.2) is 9.49 Å². The number of nitriles is 1. The quantitative estimate of drug-likeness (QED) is 0.581. The van der Waals surface area contributed by atoms with Crippen molar-refractivity contribution in [2.45, 2.75) is 12.7 Å². The Labute approximate surface area is 91.7 Å². The Balaban J connectivity index is 3.54. The minimum atomic E-state index is -4.82. The number of rotatable bonds is 2. The van der Waals surface area contributed by atoms with Crippen molar-refractivity contribution in [1.82, 2.24) is 4.57 Å². The Morgan fingerprint density at radius 1 is 1.53 bits per heavy atom. The molecule has 0 aliphatic carbocycles. The summed E-state index contributed by atoms with van der Waals surface area (Å²) in [7, 11) is 0. The monoisotopic (exact) mass is 247 g/mol. The highest BCUT2D eigenvalue weighted by Crippen LogP contribution is 2.29. The van der Waals surface area contributed by atoms with Crippen molar-refractivity contribution < 1.29 is 18.1 Å². The van der Waals surface area contributed by atoms with Crippen molar-refractivity contribution in [3.8, 4) is 6.07 Å². The molecule has 0 aromatic carbocycles. The number of hydrogen-bond donors (Lipinski definition) is 0. The van der Waals surface area contributed by atoms with Gasteiger partial charge < -0.3 is 0 Å². The standard InChI is InChI=1S/C8H4F3N3O3/c9-8(10,11)5-3-6(14(16)17)7(15)13(4-5)2-1-12/h3-4H,2H2. The van der Waals surface area contributed by atoms with Crippen LogP contribution in [0.4, 0.5) is 18.9 Å². The maximum absolute atomic E-state index is 12.4. The van der Waals surface area contributed by atoms with E-state index < -0.39 is 34.5 Å². The van der Waals surface area contributed by atoms with E-state index in [1.54, 1.807) is 0 Å². The van der Waals surface area contributed by atoms with Gasteiger partial charge in [-0.15, -0.1) is 0 Å². The first-order valence-corrected chi connectivity index (χ1v) is 4.10. The molecule has 0 fully saturated rings. The topological polar surface area (TPSA) is 88.9 Å². The summed E-state index contributed by atoms with van der Waals surface area (Å²) in [4.78, 5) is 20.5. The van der Waals surface area contributed by atoms with E-state index in [9.17, 15) is 28.1 Å². The van der Waals surface area contributed by atoms with Gasteiger partial charge in [0.05, 0.1) is 16.6 Å². The summed E-state index contributed by atoms with van der Waals surface area (Å²) in [6.07, 6.45) is -4.45. The van der Waals surface area contributed by atoms with Gasteiger partial charge in [-0.05, 0) is 0 Å². The van der Waals surface area contributed by atoms with Crippen LogP contribution in [0.15, 0.2) is 17.1 Å². The maximum Gasteiger partial charge on any atom is 0.418 e. The van der Waals surface area contributed by atoms with Crippen molar-refractivity contribution >= 4 is 5.69 Å². The fourth-order valence-corrected chi connectivity index (χ4v) is 1.10. The Morgan fingerprint density at radius 3 is 2.53 bits per heavy atom. The molecule has 9 heteroatoms. The molecule has 0 bridgehead atoms. The van der Waals surface area contributed by atoms with Gasteiger partial charge in [-0.25, -0.2) is 0 Å². The van der Waals surface area contributed by atoms with Crippen LogP contribution >= 0.6 is 0 Å². The molecule has 0 unspecified atom stereocenters. The lowest BCUT2D eigenvalue weighted by Gasteiger charge is -2.08. The van der Waals surface area contributed by atoms with Crippen LogP contribution in [0.2, 0.25) is 0 Å². The largest absolute Gasteiger partial charge is 0.418 e. The van der Waals surface area contributed by atoms with Crippen molar-refractivity contribution in [3.63, 3.8) is 0 Å². The third-order valence-corrected chi connectivity index (χ3v) is 1.83. The zero-order valence-corrected chi connectivity index (χ0v) is 8.06. The summed E-state index contributed by atoms with van der Waals surface area (Å²) in [6, 6.07) is 1.59. The number of nitro groups is 1. The molecule has 1 heterocycles. The van der Waals surface area contributed by atoms with E-state index in [1.165, 1.54) is 6.07 Å². The van der Waals surface area contributed by atoms with E-state index in [0.29, 0.717) is 10.8 Å². The van der Waals surface area contributed by atoms with Gasteiger partial charge in [-0.2, -0.15) is 18.4 Å². The zero-order valence-electron chi connectivity index (χ0n) is 8.06. The number of hydrogen-bond acceptors (Lipinski definition) is 4. The summed E-state index contributed by atoms with van der Waals surface area (Å²) in [6.45, 7) is -0.691. The molecule has 0 amide bonds. The summed E-state index contributed by atoms with van der Waals surface area (Å²) in [5, 5.41) is 18.7. The fourth-order valence-electron chi connectivity index (χ4n) is 1.10. The van der Waals surface area contributed by atoms with Crippen LogP contribution in [0.25, 0.3) is 0 Å². The molecular weight excluding hydrogens is 243 g/mol. The number of alkyl halides is 3. The first kappa shape index (κ1) is 12.7. The van der Waals surface area contributed by atoms with Crippen molar-refractivity contribution in [2.75, 3.05) is 0 Å². The minimum Gasteiger partial charge on any atom is -0.295 e. The number of pyridine rings is 1. The van der Waals surface area contributed by atoms with Crippen molar-refractivity contribution in [2.24, 2.45) is 0 Å². The number of aromatic nitrogens is 1. The molecule has 6 nitrogen and oxygen atoms in total. The van der Waals surface area contributed by atoms with Gasteiger partial charge in [0.15, 0.2) is 0 Å².